The fourth-order valence-corrected chi connectivity index (χ4v) is 2.53. The van der Waals surface area contributed by atoms with Gasteiger partial charge in [-0.3, -0.25) is 0 Å². The third-order valence-corrected chi connectivity index (χ3v) is 3.75. The molecular formula is C12H15Cl2N2O2+. The number of aliphatic hydroxyl groups is 2. The molecule has 18 heavy (non-hydrogen) atoms. The van der Waals surface area contributed by atoms with Crippen molar-refractivity contribution in [1.82, 2.24) is 4.57 Å². The summed E-state index contributed by atoms with van der Waals surface area (Å²) in [5.41, 5.74) is 1.81. The molecule has 0 aliphatic rings. The summed E-state index contributed by atoms with van der Waals surface area (Å²) in [6.45, 7) is 3.00. The number of halogens is 2. The first-order chi connectivity index (χ1) is 8.60. The average Bonchev–Trinajstić information content (AvgIpc) is 2.57. The number of nitrogens with zero attached hydrogens (tertiary/aromatic N) is 2. The van der Waals surface area contributed by atoms with Crippen LogP contribution in [-0.4, -0.2) is 28.0 Å². The molecule has 1 aromatic heterocycles. The van der Waals surface area contributed by atoms with E-state index in [9.17, 15) is 0 Å². The maximum Gasteiger partial charge on any atom is 0.254 e. The van der Waals surface area contributed by atoms with Gasteiger partial charge in [0, 0.05) is 19.1 Å². The Bertz CT molecular complexity index is 532. The molecule has 1 aromatic carbocycles. The van der Waals surface area contributed by atoms with E-state index >= 15 is 0 Å². The number of hydrogen-bond donors (Lipinski definition) is 2. The number of hydrogen-bond acceptors (Lipinski definition) is 2. The van der Waals surface area contributed by atoms with Crippen molar-refractivity contribution >= 4 is 34.2 Å². The van der Waals surface area contributed by atoms with Crippen LogP contribution in [0.2, 0.25) is 10.0 Å². The van der Waals surface area contributed by atoms with Gasteiger partial charge in [-0.2, -0.15) is 0 Å². The van der Waals surface area contributed by atoms with Gasteiger partial charge in [0.15, 0.2) is 11.0 Å². The van der Waals surface area contributed by atoms with E-state index < -0.39 is 0 Å². The molecule has 0 radical (unpaired) electrons. The van der Waals surface area contributed by atoms with Crippen molar-refractivity contribution < 1.29 is 14.8 Å². The zero-order valence-corrected chi connectivity index (χ0v) is 11.5. The molecule has 0 atom stereocenters. The highest BCUT2D eigenvalue weighted by molar-refractivity contribution is 6.42. The second-order valence-corrected chi connectivity index (χ2v) is 4.87. The maximum atomic E-state index is 9.13. The highest BCUT2D eigenvalue weighted by Crippen LogP contribution is 2.27. The fraction of sp³-hybridized carbons (Fsp3) is 0.417. The van der Waals surface area contributed by atoms with Crippen molar-refractivity contribution in [3.05, 3.63) is 28.0 Å². The van der Waals surface area contributed by atoms with E-state index in [0.717, 1.165) is 16.9 Å². The number of benzene rings is 1. The van der Waals surface area contributed by atoms with Gasteiger partial charge in [0.2, 0.25) is 0 Å². The molecule has 1 heterocycles. The van der Waals surface area contributed by atoms with Crippen molar-refractivity contribution in [3.8, 4) is 0 Å². The Hall–Kier alpha value is -0.810. The summed E-state index contributed by atoms with van der Waals surface area (Å²) in [6.07, 6.45) is 0. The molecule has 0 saturated carbocycles. The Labute approximate surface area is 115 Å². The SMILES string of the molecule is Cc1n(CCO)c2cc(Cl)c(Cl)cc2[n+]1CCO. The summed E-state index contributed by atoms with van der Waals surface area (Å²) in [5, 5.41) is 19.2. The van der Waals surface area contributed by atoms with E-state index in [-0.39, 0.29) is 13.2 Å². The predicted octanol–water partition coefficient (Wildman–Crippen LogP) is 1.53. The van der Waals surface area contributed by atoms with Gasteiger partial charge in [-0.1, -0.05) is 23.2 Å². The predicted molar refractivity (Wildman–Crippen MR) is 71.1 cm³/mol. The number of aliphatic hydroxyl groups excluding tert-OH is 2. The number of imidazole rings is 1. The van der Waals surface area contributed by atoms with Crippen molar-refractivity contribution in [2.75, 3.05) is 13.2 Å². The summed E-state index contributed by atoms with van der Waals surface area (Å²) in [6, 6.07) is 3.57. The van der Waals surface area contributed by atoms with Crippen LogP contribution in [0, 0.1) is 6.92 Å². The van der Waals surface area contributed by atoms with Crippen LogP contribution in [0.25, 0.3) is 11.0 Å². The van der Waals surface area contributed by atoms with Crippen LogP contribution < -0.4 is 4.57 Å². The zero-order chi connectivity index (χ0) is 13.3. The van der Waals surface area contributed by atoms with Crippen LogP contribution >= 0.6 is 23.2 Å². The van der Waals surface area contributed by atoms with Crippen molar-refractivity contribution in [3.63, 3.8) is 0 Å². The van der Waals surface area contributed by atoms with Crippen molar-refractivity contribution in [2.24, 2.45) is 0 Å². The summed E-state index contributed by atoms with van der Waals surface area (Å²) in [7, 11) is 0. The number of fused-ring (bicyclic) bond motifs is 1. The zero-order valence-electron chi connectivity index (χ0n) is 10.0. The molecule has 6 heteroatoms. The molecule has 0 spiro atoms. The Morgan fingerprint density at radius 1 is 1.17 bits per heavy atom. The Morgan fingerprint density at radius 2 is 1.83 bits per heavy atom. The van der Waals surface area contributed by atoms with E-state index in [1.165, 1.54) is 0 Å². The van der Waals surface area contributed by atoms with E-state index in [1.54, 1.807) is 12.1 Å². The van der Waals surface area contributed by atoms with Crippen LogP contribution in [0.1, 0.15) is 5.82 Å². The van der Waals surface area contributed by atoms with Gasteiger partial charge in [-0.15, -0.1) is 0 Å². The van der Waals surface area contributed by atoms with Crippen LogP contribution in [0.3, 0.4) is 0 Å². The molecule has 0 aliphatic carbocycles. The van der Waals surface area contributed by atoms with Crippen LogP contribution in [0.15, 0.2) is 12.1 Å². The lowest BCUT2D eigenvalue weighted by atomic mass is 10.3. The molecule has 0 aliphatic heterocycles. The lowest BCUT2D eigenvalue weighted by molar-refractivity contribution is -0.679. The molecule has 2 aromatic rings. The van der Waals surface area contributed by atoms with E-state index in [0.29, 0.717) is 23.1 Å². The minimum absolute atomic E-state index is 0.0456. The summed E-state index contributed by atoms with van der Waals surface area (Å²) in [4.78, 5) is 0. The number of aromatic nitrogens is 2. The van der Waals surface area contributed by atoms with Gasteiger partial charge >= 0.3 is 0 Å². The smallest absolute Gasteiger partial charge is 0.254 e. The topological polar surface area (TPSA) is 49.3 Å². The molecule has 2 rings (SSSR count). The van der Waals surface area contributed by atoms with Crippen molar-refractivity contribution in [2.45, 2.75) is 20.0 Å². The van der Waals surface area contributed by atoms with Gasteiger partial charge in [-0.25, -0.2) is 9.13 Å². The first-order valence-electron chi connectivity index (χ1n) is 5.69. The summed E-state index contributed by atoms with van der Waals surface area (Å²) < 4.78 is 3.93. The first kappa shape index (κ1) is 13.6. The summed E-state index contributed by atoms with van der Waals surface area (Å²) in [5.74, 6) is 0.950. The van der Waals surface area contributed by atoms with Crippen molar-refractivity contribution in [1.29, 1.82) is 0 Å². The van der Waals surface area contributed by atoms with E-state index in [4.69, 9.17) is 33.4 Å². The molecule has 0 saturated heterocycles. The molecule has 4 nitrogen and oxygen atoms in total. The molecule has 0 bridgehead atoms. The second-order valence-electron chi connectivity index (χ2n) is 4.05. The Morgan fingerprint density at radius 3 is 2.44 bits per heavy atom. The van der Waals surface area contributed by atoms with Gasteiger partial charge < -0.3 is 10.2 Å². The van der Waals surface area contributed by atoms with Gasteiger partial charge in [0.05, 0.1) is 23.3 Å². The Balaban J connectivity index is 2.74. The minimum atomic E-state index is 0.0456. The van der Waals surface area contributed by atoms with E-state index in [2.05, 4.69) is 0 Å². The third-order valence-electron chi connectivity index (χ3n) is 3.03. The van der Waals surface area contributed by atoms with Gasteiger partial charge in [0.1, 0.15) is 13.1 Å². The molecule has 0 amide bonds. The maximum absolute atomic E-state index is 9.13. The highest BCUT2D eigenvalue weighted by Gasteiger charge is 2.22. The lowest BCUT2D eigenvalue weighted by Crippen LogP contribution is -2.38. The lowest BCUT2D eigenvalue weighted by Gasteiger charge is -1.97. The average molecular weight is 290 g/mol. The first-order valence-corrected chi connectivity index (χ1v) is 6.45. The molecule has 0 unspecified atom stereocenters. The molecular weight excluding hydrogens is 275 g/mol. The quantitative estimate of drug-likeness (QED) is 0.839. The number of rotatable bonds is 4. The Kier molecular flexibility index (Phi) is 4.12. The third kappa shape index (κ3) is 2.21. The molecule has 98 valence electrons. The normalized spacial score (nSPS) is 11.4. The molecule has 0 fully saturated rings. The fourth-order valence-electron chi connectivity index (χ4n) is 2.22. The minimum Gasteiger partial charge on any atom is -0.392 e. The van der Waals surface area contributed by atoms with Crippen LogP contribution in [0.4, 0.5) is 0 Å². The summed E-state index contributed by atoms with van der Waals surface area (Å²) >= 11 is 12.1. The second kappa shape index (κ2) is 5.45. The monoisotopic (exact) mass is 289 g/mol. The van der Waals surface area contributed by atoms with Crippen LogP contribution in [0.5, 0.6) is 0 Å². The molecule has 2 N–H and O–H groups in total. The van der Waals surface area contributed by atoms with Gasteiger partial charge in [-0.05, 0) is 0 Å². The van der Waals surface area contributed by atoms with E-state index in [1.807, 2.05) is 16.1 Å². The highest BCUT2D eigenvalue weighted by atomic mass is 35.5. The van der Waals surface area contributed by atoms with Crippen LogP contribution in [-0.2, 0) is 13.1 Å². The van der Waals surface area contributed by atoms with Gasteiger partial charge in [0.25, 0.3) is 5.82 Å². The standard InChI is InChI=1S/C12H15Cl2N2O2/c1-8-15(2-4-17)11-6-9(13)10(14)7-12(11)16(8)3-5-18/h6-7,17-18H,2-5H2,1H3/q+1. The largest absolute Gasteiger partial charge is 0.392 e.